The number of esters is 1. The average molecular weight is 647 g/mol. The number of halogens is 1. The summed E-state index contributed by atoms with van der Waals surface area (Å²) in [6, 6.07) is 4.95. The molecule has 12 nitrogen and oxygen atoms in total. The maximum Gasteiger partial charge on any atom is 0.302 e. The minimum absolute atomic E-state index is 0.0845. The van der Waals surface area contributed by atoms with Crippen molar-refractivity contribution in [1.82, 2.24) is 15.1 Å². The van der Waals surface area contributed by atoms with Crippen LogP contribution in [0.15, 0.2) is 54.8 Å². The van der Waals surface area contributed by atoms with Gasteiger partial charge < -0.3 is 35.1 Å². The van der Waals surface area contributed by atoms with Gasteiger partial charge in [0.05, 0.1) is 19.8 Å². The van der Waals surface area contributed by atoms with Crippen molar-refractivity contribution in [1.29, 1.82) is 0 Å². The molecule has 0 saturated carbocycles. The molecule has 0 radical (unpaired) electrons. The molecule has 254 valence electrons. The minimum atomic E-state index is -0.841. The third-order valence-electron chi connectivity index (χ3n) is 6.82. The number of nitrogens with zero attached hydrogens (tertiary/aromatic N) is 2. The van der Waals surface area contributed by atoms with E-state index in [9.17, 15) is 28.4 Å². The summed E-state index contributed by atoms with van der Waals surface area (Å²) in [6.45, 7) is 14.3. The summed E-state index contributed by atoms with van der Waals surface area (Å²) in [5.41, 5.74) is 7.81. The van der Waals surface area contributed by atoms with Gasteiger partial charge in [0.2, 0.25) is 11.8 Å². The van der Waals surface area contributed by atoms with Gasteiger partial charge in [-0.25, -0.2) is 4.39 Å². The highest BCUT2D eigenvalue weighted by molar-refractivity contribution is 5.96. The zero-order valence-electron chi connectivity index (χ0n) is 27.3. The van der Waals surface area contributed by atoms with Crippen molar-refractivity contribution in [2.75, 3.05) is 46.1 Å². The van der Waals surface area contributed by atoms with Crippen molar-refractivity contribution < 1.29 is 42.6 Å². The Balaban J connectivity index is 0.000000529. The van der Waals surface area contributed by atoms with E-state index in [2.05, 4.69) is 18.5 Å². The molecule has 0 aliphatic carbocycles. The Morgan fingerprint density at radius 2 is 1.76 bits per heavy atom. The normalized spacial score (nSPS) is 16.7. The van der Waals surface area contributed by atoms with Crippen LogP contribution in [-0.2, 0) is 46.6 Å². The fourth-order valence-corrected chi connectivity index (χ4v) is 4.34. The van der Waals surface area contributed by atoms with Gasteiger partial charge in [-0.1, -0.05) is 31.2 Å². The Morgan fingerprint density at radius 3 is 2.33 bits per heavy atom. The number of ether oxygens (including phenoxy) is 3. The van der Waals surface area contributed by atoms with Gasteiger partial charge in [0.1, 0.15) is 13.3 Å². The molecule has 2 heterocycles. The first-order chi connectivity index (χ1) is 22.0. The molecule has 3 N–H and O–H groups in total. The van der Waals surface area contributed by atoms with Crippen LogP contribution in [-0.4, -0.2) is 91.6 Å². The van der Waals surface area contributed by atoms with Crippen molar-refractivity contribution >= 4 is 29.6 Å². The highest BCUT2D eigenvalue weighted by atomic mass is 19.1. The van der Waals surface area contributed by atoms with E-state index in [0.717, 1.165) is 17.7 Å². The lowest BCUT2D eigenvalue weighted by molar-refractivity contribution is -0.163. The molecular weight excluding hydrogens is 599 g/mol. The van der Waals surface area contributed by atoms with Crippen molar-refractivity contribution in [3.8, 4) is 0 Å². The van der Waals surface area contributed by atoms with Crippen LogP contribution in [0.4, 0.5) is 4.39 Å². The van der Waals surface area contributed by atoms with E-state index >= 15 is 0 Å². The second-order valence-electron chi connectivity index (χ2n) is 10.2. The number of primary amides is 1. The van der Waals surface area contributed by atoms with Gasteiger partial charge in [0.15, 0.2) is 6.10 Å². The second-order valence-corrected chi connectivity index (χ2v) is 10.2. The van der Waals surface area contributed by atoms with E-state index in [4.69, 9.17) is 19.9 Å². The Bertz CT molecular complexity index is 1260. The van der Waals surface area contributed by atoms with Gasteiger partial charge in [0.25, 0.3) is 11.8 Å². The Kier molecular flexibility index (Phi) is 18.4. The molecule has 0 bridgehead atoms. The number of hydrogen-bond donors (Lipinski definition) is 2. The lowest BCUT2D eigenvalue weighted by Crippen LogP contribution is -2.49. The smallest absolute Gasteiger partial charge is 0.302 e. The van der Waals surface area contributed by atoms with Crippen molar-refractivity contribution in [3.63, 3.8) is 0 Å². The van der Waals surface area contributed by atoms with E-state index in [0.29, 0.717) is 62.6 Å². The van der Waals surface area contributed by atoms with Crippen LogP contribution in [0.25, 0.3) is 0 Å². The molecule has 3 rings (SSSR count). The van der Waals surface area contributed by atoms with E-state index in [1.165, 1.54) is 13.8 Å². The summed E-state index contributed by atoms with van der Waals surface area (Å²) in [7, 11) is 0. The number of rotatable bonds is 11. The second kappa shape index (κ2) is 21.4. The van der Waals surface area contributed by atoms with E-state index < -0.39 is 24.7 Å². The number of hydrogen-bond acceptors (Lipinski definition) is 8. The molecule has 1 aromatic carbocycles. The number of nitrogens with two attached hydrogens (primary N) is 1. The number of carbonyl (C=O) groups is 5. The van der Waals surface area contributed by atoms with Crippen LogP contribution in [0, 0.1) is 0 Å². The van der Waals surface area contributed by atoms with Gasteiger partial charge in [-0.15, -0.1) is 13.2 Å². The van der Waals surface area contributed by atoms with Crippen LogP contribution >= 0.6 is 0 Å². The molecule has 46 heavy (non-hydrogen) atoms. The van der Waals surface area contributed by atoms with Gasteiger partial charge >= 0.3 is 5.97 Å². The predicted octanol–water partition coefficient (Wildman–Crippen LogP) is 2.96. The molecule has 0 spiro atoms. The number of allylic oxidation sites excluding steroid dienone is 3. The molecule has 2 aliphatic heterocycles. The third-order valence-corrected chi connectivity index (χ3v) is 6.82. The van der Waals surface area contributed by atoms with Gasteiger partial charge in [0, 0.05) is 56.9 Å². The summed E-state index contributed by atoms with van der Waals surface area (Å²) in [5, 5.41) is 2.71. The number of benzene rings is 1. The first kappa shape index (κ1) is 39.7. The zero-order chi connectivity index (χ0) is 34.6. The maximum absolute atomic E-state index is 13.4. The Labute approximate surface area is 270 Å². The van der Waals surface area contributed by atoms with E-state index in [1.54, 1.807) is 41.0 Å². The highest BCUT2D eigenvalue weighted by Crippen LogP contribution is 2.20. The first-order valence-electron chi connectivity index (χ1n) is 15.0. The molecule has 1 aromatic rings. The van der Waals surface area contributed by atoms with Crippen molar-refractivity contribution in [2.24, 2.45) is 5.73 Å². The van der Waals surface area contributed by atoms with Gasteiger partial charge in [-0.2, -0.15) is 0 Å². The third kappa shape index (κ3) is 13.7. The molecule has 2 saturated heterocycles. The summed E-state index contributed by atoms with van der Waals surface area (Å²) in [6.07, 6.45) is 4.11. The summed E-state index contributed by atoms with van der Waals surface area (Å²) >= 11 is 0. The summed E-state index contributed by atoms with van der Waals surface area (Å²) < 4.78 is 29.0. The topological polar surface area (TPSA) is 158 Å². The standard InChI is InChI=1S/C20H25FN2O6.C11H18N2O2.C2H4/c1-14(24)29-13-18-20(26)23(6-9-28-18)12-15-2-3-16(11-21)17(10-15)19(25)22-4-7-27-8-5-22;1-4-10(13-9(3)14)7-5-6-8(2)11(12)15;1-2/h2-3,10,18H,4-9,11-13H2,1H3;6-7H,4-5H2,1-3H3,(H2,12,15)(H,13,14);1-2H2/b;8-6+,10-7+;. The fraction of sp³-hybridized carbons (Fsp3) is 0.485. The largest absolute Gasteiger partial charge is 0.463 e. The van der Waals surface area contributed by atoms with Crippen LogP contribution < -0.4 is 11.1 Å². The summed E-state index contributed by atoms with van der Waals surface area (Å²) in [5.74, 6) is -1.50. The molecule has 1 atom stereocenters. The quantitative estimate of drug-likeness (QED) is 0.211. The van der Waals surface area contributed by atoms with Crippen molar-refractivity contribution in [3.05, 3.63) is 71.5 Å². The molecule has 13 heteroatoms. The van der Waals surface area contributed by atoms with Gasteiger partial charge in [-0.3, -0.25) is 24.0 Å². The molecule has 2 fully saturated rings. The predicted molar refractivity (Wildman–Crippen MR) is 171 cm³/mol. The molecule has 0 aromatic heterocycles. The molecule has 1 unspecified atom stereocenters. The minimum Gasteiger partial charge on any atom is -0.463 e. The van der Waals surface area contributed by atoms with Crippen LogP contribution in [0.3, 0.4) is 0 Å². The number of morpholine rings is 2. The lowest BCUT2D eigenvalue weighted by atomic mass is 10.0. The molecule has 2 aliphatic rings. The van der Waals surface area contributed by atoms with Crippen LogP contribution in [0.2, 0.25) is 0 Å². The maximum atomic E-state index is 13.4. The highest BCUT2D eigenvalue weighted by Gasteiger charge is 2.31. The fourth-order valence-electron chi connectivity index (χ4n) is 4.34. The Morgan fingerprint density at radius 1 is 1.09 bits per heavy atom. The molecule has 4 amide bonds. The zero-order valence-corrected chi connectivity index (χ0v) is 27.3. The first-order valence-corrected chi connectivity index (χ1v) is 15.0. The number of amides is 4. The molecular formula is C33H47FN4O8. The number of carbonyl (C=O) groups excluding carboxylic acids is 5. The summed E-state index contributed by atoms with van der Waals surface area (Å²) in [4.78, 5) is 61.1. The average Bonchev–Trinajstić information content (AvgIpc) is 3.05. The lowest BCUT2D eigenvalue weighted by Gasteiger charge is -2.32. The number of alkyl halides is 1. The van der Waals surface area contributed by atoms with E-state index in [1.807, 2.05) is 13.0 Å². The van der Waals surface area contributed by atoms with E-state index in [-0.39, 0.29) is 30.9 Å². The van der Waals surface area contributed by atoms with Crippen LogP contribution in [0.1, 0.15) is 62.0 Å². The monoisotopic (exact) mass is 646 g/mol. The number of nitrogens with one attached hydrogen (secondary N) is 1. The Hall–Kier alpha value is -4.36. The van der Waals surface area contributed by atoms with Gasteiger partial charge in [-0.05, 0) is 37.0 Å². The van der Waals surface area contributed by atoms with Crippen molar-refractivity contribution in [2.45, 2.75) is 59.9 Å². The SMILES string of the molecule is C=C.CC(=O)OCC1OCCN(Cc2ccc(CF)c(C(=O)N3CCOCC3)c2)C1=O.CC/C(=C\C/C=C(\C)C(N)=O)NC(C)=O. The van der Waals surface area contributed by atoms with Crippen LogP contribution in [0.5, 0.6) is 0 Å².